The van der Waals surface area contributed by atoms with Gasteiger partial charge in [-0.25, -0.2) is 0 Å². The van der Waals surface area contributed by atoms with Crippen LogP contribution in [0.2, 0.25) is 0 Å². The molecule has 0 saturated carbocycles. The Bertz CT molecular complexity index is 2970. The predicted molar refractivity (Wildman–Crippen MR) is 233 cm³/mol. The molecular weight excluding hydrogens is 661 g/mol. The number of rotatable bonds is 5. The van der Waals surface area contributed by atoms with Crippen LogP contribution in [0.15, 0.2) is 218 Å². The first-order valence-corrected chi connectivity index (χ1v) is 19.2. The molecule has 0 unspecified atom stereocenters. The van der Waals surface area contributed by atoms with Crippen molar-refractivity contribution in [2.75, 3.05) is 0 Å². The standard InChI is InChI=1S/C55H36/c1-4-18-37(19-5-1)40-34-38-20-10-11-25-43(38)50(35-40)54-48-29-14-12-27-46(48)53(47-28-13-15-30-49(47)54)39-32-33-45-44-26-16-17-31-51(44)55(52(45)36-39,41-21-6-2-7-22-41)42-23-8-3-9-24-42/h1-36H. The second-order valence-corrected chi connectivity index (χ2v) is 14.7. The third-order valence-corrected chi connectivity index (χ3v) is 11.9. The van der Waals surface area contributed by atoms with Crippen LogP contribution in [-0.2, 0) is 5.41 Å². The van der Waals surface area contributed by atoms with E-state index in [-0.39, 0.29) is 0 Å². The molecule has 0 aliphatic heterocycles. The summed E-state index contributed by atoms with van der Waals surface area (Å²) in [7, 11) is 0. The summed E-state index contributed by atoms with van der Waals surface area (Å²) in [6, 6.07) is 80.9. The summed E-state index contributed by atoms with van der Waals surface area (Å²) in [5.74, 6) is 0. The third-order valence-electron chi connectivity index (χ3n) is 11.9. The molecule has 11 rings (SSSR count). The Balaban J connectivity index is 1.23. The first kappa shape index (κ1) is 31.5. The van der Waals surface area contributed by atoms with Crippen molar-refractivity contribution in [1.82, 2.24) is 0 Å². The van der Waals surface area contributed by atoms with Gasteiger partial charge in [0.15, 0.2) is 0 Å². The van der Waals surface area contributed by atoms with Crippen molar-refractivity contribution >= 4 is 32.3 Å². The zero-order valence-corrected chi connectivity index (χ0v) is 30.3. The molecule has 10 aromatic rings. The van der Waals surface area contributed by atoms with E-state index >= 15 is 0 Å². The largest absolute Gasteiger partial charge is 0.0713 e. The summed E-state index contributed by atoms with van der Waals surface area (Å²) in [5.41, 5.74) is 14.8. The molecule has 0 N–H and O–H groups in total. The van der Waals surface area contributed by atoms with Gasteiger partial charge >= 0.3 is 0 Å². The molecule has 0 aromatic heterocycles. The van der Waals surface area contributed by atoms with Crippen LogP contribution in [0.25, 0.3) is 76.8 Å². The van der Waals surface area contributed by atoms with Crippen LogP contribution in [0.1, 0.15) is 22.3 Å². The molecule has 0 nitrogen and oxygen atoms in total. The van der Waals surface area contributed by atoms with Gasteiger partial charge in [0.1, 0.15) is 0 Å². The monoisotopic (exact) mass is 696 g/mol. The summed E-state index contributed by atoms with van der Waals surface area (Å²) < 4.78 is 0. The van der Waals surface area contributed by atoms with Crippen molar-refractivity contribution in [2.24, 2.45) is 0 Å². The van der Waals surface area contributed by atoms with Gasteiger partial charge in [-0.1, -0.05) is 200 Å². The number of benzene rings is 10. The maximum atomic E-state index is 2.51. The van der Waals surface area contributed by atoms with E-state index in [9.17, 15) is 0 Å². The van der Waals surface area contributed by atoms with Crippen molar-refractivity contribution < 1.29 is 0 Å². The number of fused-ring (bicyclic) bond motifs is 6. The Kier molecular flexibility index (Phi) is 7.19. The summed E-state index contributed by atoms with van der Waals surface area (Å²) >= 11 is 0. The van der Waals surface area contributed by atoms with Crippen molar-refractivity contribution in [3.63, 3.8) is 0 Å². The van der Waals surface area contributed by atoms with Gasteiger partial charge in [0.25, 0.3) is 0 Å². The van der Waals surface area contributed by atoms with Crippen molar-refractivity contribution in [3.8, 4) is 44.5 Å². The second-order valence-electron chi connectivity index (χ2n) is 14.7. The van der Waals surface area contributed by atoms with Crippen molar-refractivity contribution in [2.45, 2.75) is 5.41 Å². The van der Waals surface area contributed by atoms with E-state index in [1.54, 1.807) is 0 Å². The molecule has 0 heteroatoms. The van der Waals surface area contributed by atoms with Crippen molar-refractivity contribution in [1.29, 1.82) is 0 Å². The van der Waals surface area contributed by atoms with Crippen LogP contribution < -0.4 is 0 Å². The fourth-order valence-corrected chi connectivity index (χ4v) is 9.64. The molecule has 0 amide bonds. The Hall–Kier alpha value is -7.02. The minimum absolute atomic E-state index is 0.465. The Morgan fingerprint density at radius 3 is 1.38 bits per heavy atom. The second kappa shape index (κ2) is 12.5. The van der Waals surface area contributed by atoms with Crippen LogP contribution in [-0.4, -0.2) is 0 Å². The highest BCUT2D eigenvalue weighted by atomic mass is 14.5. The molecule has 0 saturated heterocycles. The zero-order chi connectivity index (χ0) is 36.3. The highest BCUT2D eigenvalue weighted by Gasteiger charge is 2.46. The van der Waals surface area contributed by atoms with Gasteiger partial charge in [0.2, 0.25) is 0 Å². The van der Waals surface area contributed by atoms with Gasteiger partial charge in [0.05, 0.1) is 5.41 Å². The van der Waals surface area contributed by atoms with E-state index in [0.29, 0.717) is 0 Å². The molecule has 0 spiro atoms. The predicted octanol–water partition coefficient (Wildman–Crippen LogP) is 14.5. The topological polar surface area (TPSA) is 0 Å². The molecule has 0 radical (unpaired) electrons. The van der Waals surface area contributed by atoms with Crippen LogP contribution in [0.4, 0.5) is 0 Å². The molecule has 0 atom stereocenters. The quantitative estimate of drug-likeness (QED) is 0.157. The maximum absolute atomic E-state index is 2.51. The van der Waals surface area contributed by atoms with E-state index in [1.165, 1.54) is 99.1 Å². The van der Waals surface area contributed by atoms with Crippen LogP contribution in [0.5, 0.6) is 0 Å². The van der Waals surface area contributed by atoms with Crippen LogP contribution >= 0.6 is 0 Å². The summed E-state index contributed by atoms with van der Waals surface area (Å²) in [5, 5.41) is 7.53. The lowest BCUT2D eigenvalue weighted by Crippen LogP contribution is -2.28. The fraction of sp³-hybridized carbons (Fsp3) is 0.0182. The molecule has 1 aliphatic rings. The molecule has 10 aromatic carbocycles. The van der Waals surface area contributed by atoms with Crippen LogP contribution in [0.3, 0.4) is 0 Å². The molecule has 0 fully saturated rings. The minimum Gasteiger partial charge on any atom is -0.0622 e. The Morgan fingerprint density at radius 2 is 0.745 bits per heavy atom. The fourth-order valence-electron chi connectivity index (χ4n) is 9.64. The van der Waals surface area contributed by atoms with Gasteiger partial charge in [-0.15, -0.1) is 0 Å². The first-order valence-electron chi connectivity index (χ1n) is 19.2. The van der Waals surface area contributed by atoms with E-state index < -0.39 is 5.41 Å². The summed E-state index contributed by atoms with van der Waals surface area (Å²) in [6.45, 7) is 0. The summed E-state index contributed by atoms with van der Waals surface area (Å²) in [4.78, 5) is 0. The van der Waals surface area contributed by atoms with Gasteiger partial charge < -0.3 is 0 Å². The van der Waals surface area contributed by atoms with Gasteiger partial charge in [-0.2, -0.15) is 0 Å². The average Bonchev–Trinajstić information content (AvgIpc) is 3.56. The van der Waals surface area contributed by atoms with E-state index in [0.717, 1.165) is 0 Å². The molecule has 0 heterocycles. The van der Waals surface area contributed by atoms with Crippen molar-refractivity contribution in [3.05, 3.63) is 241 Å². The van der Waals surface area contributed by atoms with E-state index in [4.69, 9.17) is 0 Å². The molecule has 256 valence electrons. The van der Waals surface area contributed by atoms with Gasteiger partial charge in [0, 0.05) is 0 Å². The first-order chi connectivity index (χ1) is 27.3. The highest BCUT2D eigenvalue weighted by Crippen LogP contribution is 2.57. The molecule has 1 aliphatic carbocycles. The lowest BCUT2D eigenvalue weighted by molar-refractivity contribution is 0.769. The lowest BCUT2D eigenvalue weighted by Gasteiger charge is -2.34. The highest BCUT2D eigenvalue weighted by molar-refractivity contribution is 6.24. The van der Waals surface area contributed by atoms with E-state index in [2.05, 4.69) is 218 Å². The van der Waals surface area contributed by atoms with Gasteiger partial charge in [-0.3, -0.25) is 0 Å². The SMILES string of the molecule is c1ccc(-c2cc(-c3c4ccccc4c(-c4ccc5c(c4)C(c4ccccc4)(c4ccccc4)c4ccccc4-5)c4ccccc34)c3ccccc3c2)cc1. The minimum atomic E-state index is -0.465. The van der Waals surface area contributed by atoms with Gasteiger partial charge in [-0.05, 0) is 117 Å². The third kappa shape index (κ3) is 4.72. The molecule has 0 bridgehead atoms. The maximum Gasteiger partial charge on any atom is 0.0713 e. The van der Waals surface area contributed by atoms with Crippen LogP contribution in [0, 0.1) is 0 Å². The number of hydrogen-bond donors (Lipinski definition) is 0. The average molecular weight is 697 g/mol. The molecule has 55 heavy (non-hydrogen) atoms. The molecular formula is C55H36. The summed E-state index contributed by atoms with van der Waals surface area (Å²) in [6.07, 6.45) is 0. The van der Waals surface area contributed by atoms with E-state index in [1.807, 2.05) is 0 Å². The normalized spacial score (nSPS) is 12.9. The lowest BCUT2D eigenvalue weighted by atomic mass is 9.67. The zero-order valence-electron chi connectivity index (χ0n) is 30.3. The Morgan fingerprint density at radius 1 is 0.255 bits per heavy atom. The number of hydrogen-bond acceptors (Lipinski definition) is 0. The Labute approximate surface area is 321 Å². The smallest absolute Gasteiger partial charge is 0.0622 e.